The number of fused-ring (bicyclic) bond motifs is 6. The zero-order valence-corrected chi connectivity index (χ0v) is 21.7. The van der Waals surface area contributed by atoms with Gasteiger partial charge >= 0.3 is 0 Å². The minimum atomic E-state index is 0.931. The van der Waals surface area contributed by atoms with Crippen molar-refractivity contribution in [1.29, 1.82) is 0 Å². The molecule has 0 aromatic heterocycles. The Kier molecular flexibility index (Phi) is 5.68. The molecule has 0 saturated heterocycles. The summed E-state index contributed by atoms with van der Waals surface area (Å²) in [6.45, 7) is 8.93. The highest BCUT2D eigenvalue weighted by atomic mass is 16.5. The molecule has 0 N–H and O–H groups in total. The molecule has 2 heteroatoms. The first kappa shape index (κ1) is 22.7. The molecule has 0 saturated carbocycles. The summed E-state index contributed by atoms with van der Waals surface area (Å²) < 4.78 is 6.84. The van der Waals surface area contributed by atoms with E-state index in [0.717, 1.165) is 40.1 Å². The average molecular weight is 472 g/mol. The van der Waals surface area contributed by atoms with Gasteiger partial charge in [-0.25, -0.2) is 0 Å². The van der Waals surface area contributed by atoms with Crippen LogP contribution in [-0.4, -0.2) is 0 Å². The first-order valence-electron chi connectivity index (χ1n) is 13.2. The van der Waals surface area contributed by atoms with Gasteiger partial charge in [-0.2, -0.15) is 0 Å². The molecular formula is C34H33NO. The quantitative estimate of drug-likeness (QED) is 0.232. The van der Waals surface area contributed by atoms with Crippen LogP contribution in [0.15, 0.2) is 78.9 Å². The van der Waals surface area contributed by atoms with Gasteiger partial charge < -0.3 is 9.64 Å². The number of aryl methyl sites for hydroxylation is 4. The minimum Gasteiger partial charge on any atom is -0.452 e. The van der Waals surface area contributed by atoms with Crippen LogP contribution in [0.1, 0.15) is 48.4 Å². The third kappa shape index (κ3) is 3.73. The molecule has 0 unspecified atom stereocenters. The first-order valence-corrected chi connectivity index (χ1v) is 13.2. The lowest BCUT2D eigenvalue weighted by Gasteiger charge is -2.36. The highest BCUT2D eigenvalue weighted by molar-refractivity contribution is 6.04. The van der Waals surface area contributed by atoms with Crippen LogP contribution in [0.25, 0.3) is 21.5 Å². The zero-order chi connectivity index (χ0) is 24.8. The average Bonchev–Trinajstić information content (AvgIpc) is 2.88. The summed E-state index contributed by atoms with van der Waals surface area (Å²) >= 11 is 0. The van der Waals surface area contributed by atoms with Crippen molar-refractivity contribution in [2.24, 2.45) is 0 Å². The van der Waals surface area contributed by atoms with Gasteiger partial charge in [0.25, 0.3) is 0 Å². The van der Waals surface area contributed by atoms with Crippen molar-refractivity contribution in [3.8, 4) is 11.5 Å². The smallest absolute Gasteiger partial charge is 0.159 e. The van der Waals surface area contributed by atoms with Gasteiger partial charge in [-0.1, -0.05) is 86.0 Å². The maximum Gasteiger partial charge on any atom is 0.159 e. The highest BCUT2D eigenvalue weighted by Crippen LogP contribution is 2.56. The highest BCUT2D eigenvalue weighted by Gasteiger charge is 2.30. The zero-order valence-electron chi connectivity index (χ0n) is 21.7. The van der Waals surface area contributed by atoms with Crippen LogP contribution in [-0.2, 0) is 6.42 Å². The fourth-order valence-electron chi connectivity index (χ4n) is 5.79. The molecule has 0 bridgehead atoms. The van der Waals surface area contributed by atoms with Gasteiger partial charge in [0.2, 0.25) is 0 Å². The molecule has 0 spiro atoms. The molecule has 5 aromatic rings. The summed E-state index contributed by atoms with van der Waals surface area (Å²) in [4.78, 5) is 2.43. The van der Waals surface area contributed by atoms with E-state index in [2.05, 4.69) is 111 Å². The number of ether oxygens (including phenoxy) is 1. The number of hydrogen-bond donors (Lipinski definition) is 0. The van der Waals surface area contributed by atoms with Crippen LogP contribution in [0.2, 0.25) is 0 Å². The van der Waals surface area contributed by atoms with Crippen molar-refractivity contribution in [3.05, 3.63) is 101 Å². The van der Waals surface area contributed by atoms with E-state index in [0.29, 0.717) is 0 Å². The summed E-state index contributed by atoms with van der Waals surface area (Å²) in [5.74, 6) is 1.87. The molecule has 1 aliphatic heterocycles. The van der Waals surface area contributed by atoms with Crippen LogP contribution in [0.5, 0.6) is 11.5 Å². The number of benzene rings is 5. The van der Waals surface area contributed by atoms with Crippen molar-refractivity contribution in [2.75, 3.05) is 4.90 Å². The molecule has 6 rings (SSSR count). The van der Waals surface area contributed by atoms with Crippen LogP contribution in [0.3, 0.4) is 0 Å². The standard InChI is InChI=1S/C34H33NO/c1-5-6-7-10-25-20-23(3)32(24(4)21-25)35-30-17-15-26-11-8-9-12-28(26)33(30)36-34-29-19-22(2)13-14-27(29)16-18-31(34)35/h8-9,11-21H,5-7,10H2,1-4H3. The fourth-order valence-corrected chi connectivity index (χ4v) is 5.79. The third-order valence-electron chi connectivity index (χ3n) is 7.50. The van der Waals surface area contributed by atoms with Crippen LogP contribution >= 0.6 is 0 Å². The Hall–Kier alpha value is -3.78. The Morgan fingerprint density at radius 1 is 0.667 bits per heavy atom. The van der Waals surface area contributed by atoms with Crippen molar-refractivity contribution in [3.63, 3.8) is 0 Å². The third-order valence-corrected chi connectivity index (χ3v) is 7.50. The van der Waals surface area contributed by atoms with E-state index in [4.69, 9.17) is 4.74 Å². The Bertz CT molecular complexity index is 1590. The summed E-state index contributed by atoms with van der Waals surface area (Å²) in [6.07, 6.45) is 4.92. The van der Waals surface area contributed by atoms with Gasteiger partial charge in [0.05, 0.1) is 17.1 Å². The van der Waals surface area contributed by atoms with E-state index in [1.165, 1.54) is 58.0 Å². The van der Waals surface area contributed by atoms with Crippen LogP contribution in [0, 0.1) is 20.8 Å². The monoisotopic (exact) mass is 471 g/mol. The van der Waals surface area contributed by atoms with E-state index in [-0.39, 0.29) is 0 Å². The van der Waals surface area contributed by atoms with E-state index < -0.39 is 0 Å². The van der Waals surface area contributed by atoms with Gasteiger partial charge in [0, 0.05) is 10.8 Å². The maximum absolute atomic E-state index is 6.84. The van der Waals surface area contributed by atoms with Crippen molar-refractivity contribution in [1.82, 2.24) is 0 Å². The molecule has 0 amide bonds. The Labute approximate surface area is 214 Å². The maximum atomic E-state index is 6.84. The fraction of sp³-hybridized carbons (Fsp3) is 0.235. The molecular weight excluding hydrogens is 438 g/mol. The van der Waals surface area contributed by atoms with Gasteiger partial charge in [0.1, 0.15) is 0 Å². The van der Waals surface area contributed by atoms with Crippen molar-refractivity contribution >= 4 is 38.6 Å². The first-order chi connectivity index (χ1) is 17.5. The van der Waals surface area contributed by atoms with Crippen LogP contribution < -0.4 is 9.64 Å². The molecule has 0 fully saturated rings. The molecule has 180 valence electrons. The molecule has 36 heavy (non-hydrogen) atoms. The second kappa shape index (κ2) is 9.02. The number of hydrogen-bond acceptors (Lipinski definition) is 2. The lowest BCUT2D eigenvalue weighted by Crippen LogP contribution is -2.18. The lowest BCUT2D eigenvalue weighted by molar-refractivity contribution is 0.488. The van der Waals surface area contributed by atoms with Crippen LogP contribution in [0.4, 0.5) is 17.1 Å². The summed E-state index contributed by atoms with van der Waals surface area (Å²) in [6, 6.07) is 28.8. The van der Waals surface area contributed by atoms with E-state index in [9.17, 15) is 0 Å². The van der Waals surface area contributed by atoms with E-state index >= 15 is 0 Å². The van der Waals surface area contributed by atoms with Crippen molar-refractivity contribution in [2.45, 2.75) is 53.4 Å². The SMILES string of the molecule is CCCCCc1cc(C)c(N2c3ccc4ccccc4c3Oc3c2ccc2ccc(C)cc32)c(C)c1. The molecule has 0 atom stereocenters. The molecule has 2 nitrogen and oxygen atoms in total. The largest absolute Gasteiger partial charge is 0.452 e. The summed E-state index contributed by atoms with van der Waals surface area (Å²) in [5, 5.41) is 4.68. The topological polar surface area (TPSA) is 12.5 Å². The Morgan fingerprint density at radius 2 is 1.31 bits per heavy atom. The minimum absolute atomic E-state index is 0.931. The van der Waals surface area contributed by atoms with Gasteiger partial charge in [-0.3, -0.25) is 0 Å². The van der Waals surface area contributed by atoms with Gasteiger partial charge in [-0.05, 0) is 79.3 Å². The molecule has 5 aromatic carbocycles. The molecule has 0 radical (unpaired) electrons. The predicted molar refractivity (Wildman–Crippen MR) is 154 cm³/mol. The van der Waals surface area contributed by atoms with E-state index in [1.807, 2.05) is 0 Å². The Balaban J connectivity index is 1.61. The summed E-state index contributed by atoms with van der Waals surface area (Å²) in [5.41, 5.74) is 8.72. The van der Waals surface area contributed by atoms with E-state index in [1.54, 1.807) is 0 Å². The second-order valence-electron chi connectivity index (χ2n) is 10.2. The normalized spacial score (nSPS) is 12.5. The lowest BCUT2D eigenvalue weighted by atomic mass is 9.96. The van der Waals surface area contributed by atoms with Crippen molar-refractivity contribution < 1.29 is 4.74 Å². The Morgan fingerprint density at radius 3 is 2.03 bits per heavy atom. The number of rotatable bonds is 5. The predicted octanol–water partition coefficient (Wildman–Crippen LogP) is 10.2. The molecule has 0 aliphatic carbocycles. The second-order valence-corrected chi connectivity index (χ2v) is 10.2. The number of anilines is 3. The van der Waals surface area contributed by atoms with Gasteiger partial charge in [-0.15, -0.1) is 0 Å². The number of nitrogens with zero attached hydrogens (tertiary/aromatic N) is 1. The molecule has 1 aliphatic rings. The number of unbranched alkanes of at least 4 members (excludes halogenated alkanes) is 2. The summed E-state index contributed by atoms with van der Waals surface area (Å²) in [7, 11) is 0. The van der Waals surface area contributed by atoms with Gasteiger partial charge in [0.15, 0.2) is 11.5 Å². The molecule has 1 heterocycles.